The Kier molecular flexibility index (Phi) is 2.75. The van der Waals surface area contributed by atoms with E-state index in [9.17, 15) is 4.79 Å². The average Bonchev–Trinajstić information content (AvgIpc) is 2.75. The molecule has 0 bridgehead atoms. The molecule has 6 nitrogen and oxygen atoms in total. The summed E-state index contributed by atoms with van der Waals surface area (Å²) in [6.45, 7) is 2.16. The molecule has 0 saturated carbocycles. The molecule has 0 spiro atoms. The van der Waals surface area contributed by atoms with E-state index in [0.29, 0.717) is 18.1 Å². The summed E-state index contributed by atoms with van der Waals surface area (Å²) in [5, 5.41) is 0. The maximum Gasteiger partial charge on any atom is 0.279 e. The maximum absolute atomic E-state index is 11.6. The maximum atomic E-state index is 11.6. The van der Waals surface area contributed by atoms with E-state index in [4.69, 9.17) is 4.84 Å². The number of nitrogens with zero attached hydrogens (tertiary/aromatic N) is 3. The fraction of sp³-hybridized carbons (Fsp3) is 0.154. The third kappa shape index (κ3) is 2.08. The Labute approximate surface area is 108 Å². The van der Waals surface area contributed by atoms with Crippen molar-refractivity contribution < 1.29 is 4.84 Å². The van der Waals surface area contributed by atoms with Gasteiger partial charge in [0.05, 0.1) is 6.33 Å². The lowest BCUT2D eigenvalue weighted by Gasteiger charge is -2.08. The molecule has 0 fully saturated rings. The molecule has 0 aliphatic heterocycles. The van der Waals surface area contributed by atoms with Gasteiger partial charge in [0.25, 0.3) is 5.56 Å². The molecular weight excluding hydrogens is 244 g/mol. The molecule has 19 heavy (non-hydrogen) atoms. The number of aromatic amines is 1. The van der Waals surface area contributed by atoms with E-state index in [-0.39, 0.29) is 11.1 Å². The van der Waals surface area contributed by atoms with Gasteiger partial charge in [-0.15, -0.1) is 4.73 Å². The molecule has 0 atom stereocenters. The minimum Gasteiger partial charge on any atom is -0.406 e. The minimum atomic E-state index is -0.268. The Morgan fingerprint density at radius 3 is 2.89 bits per heavy atom. The van der Waals surface area contributed by atoms with Gasteiger partial charge in [0.1, 0.15) is 12.4 Å². The van der Waals surface area contributed by atoms with Crippen molar-refractivity contribution in [2.75, 3.05) is 0 Å². The molecule has 0 aliphatic rings. The molecule has 0 radical (unpaired) electrons. The van der Waals surface area contributed by atoms with Crippen LogP contribution >= 0.6 is 0 Å². The highest BCUT2D eigenvalue weighted by atomic mass is 16.7. The van der Waals surface area contributed by atoms with Crippen molar-refractivity contribution in [1.29, 1.82) is 0 Å². The van der Waals surface area contributed by atoms with Gasteiger partial charge in [-0.3, -0.25) is 4.79 Å². The topological polar surface area (TPSA) is 72.8 Å². The van der Waals surface area contributed by atoms with E-state index in [0.717, 1.165) is 5.56 Å². The summed E-state index contributed by atoms with van der Waals surface area (Å²) in [5.41, 5.74) is 1.48. The first-order valence-electron chi connectivity index (χ1n) is 5.85. The van der Waals surface area contributed by atoms with Crippen LogP contribution in [0.2, 0.25) is 0 Å². The van der Waals surface area contributed by atoms with Crippen LogP contribution in [0.4, 0.5) is 0 Å². The molecule has 1 N–H and O–H groups in total. The van der Waals surface area contributed by atoms with E-state index in [2.05, 4.69) is 15.0 Å². The Morgan fingerprint density at radius 2 is 2.11 bits per heavy atom. The lowest BCUT2D eigenvalue weighted by Crippen LogP contribution is -2.14. The predicted octanol–water partition coefficient (Wildman–Crippen LogP) is 1.06. The smallest absolute Gasteiger partial charge is 0.279 e. The van der Waals surface area contributed by atoms with E-state index in [1.807, 2.05) is 30.3 Å². The SMILES string of the molecule is Cc1nc2c(=O)[nH]cnc2n1OCc1ccccc1. The van der Waals surface area contributed by atoms with Gasteiger partial charge in [-0.25, -0.2) is 9.97 Å². The Hall–Kier alpha value is -2.63. The summed E-state index contributed by atoms with van der Waals surface area (Å²) >= 11 is 0. The zero-order valence-corrected chi connectivity index (χ0v) is 10.3. The summed E-state index contributed by atoms with van der Waals surface area (Å²) in [4.78, 5) is 28.0. The van der Waals surface area contributed by atoms with Gasteiger partial charge in [-0.05, 0) is 12.5 Å². The Morgan fingerprint density at radius 1 is 1.32 bits per heavy atom. The molecule has 2 heterocycles. The van der Waals surface area contributed by atoms with Crippen molar-refractivity contribution in [2.45, 2.75) is 13.5 Å². The first-order valence-corrected chi connectivity index (χ1v) is 5.85. The van der Waals surface area contributed by atoms with Crippen LogP contribution in [0.25, 0.3) is 11.2 Å². The molecule has 0 aliphatic carbocycles. The van der Waals surface area contributed by atoms with Crippen LogP contribution in [0.1, 0.15) is 11.4 Å². The summed E-state index contributed by atoms with van der Waals surface area (Å²) in [6.07, 6.45) is 1.34. The van der Waals surface area contributed by atoms with E-state index >= 15 is 0 Å². The fourth-order valence-electron chi connectivity index (χ4n) is 1.86. The van der Waals surface area contributed by atoms with E-state index in [1.54, 1.807) is 6.92 Å². The highest BCUT2D eigenvalue weighted by Gasteiger charge is 2.12. The van der Waals surface area contributed by atoms with Crippen molar-refractivity contribution in [3.8, 4) is 0 Å². The first-order chi connectivity index (χ1) is 9.25. The van der Waals surface area contributed by atoms with Gasteiger partial charge >= 0.3 is 0 Å². The van der Waals surface area contributed by atoms with Crippen LogP contribution in [0, 0.1) is 6.92 Å². The van der Waals surface area contributed by atoms with Gasteiger partial charge in [0, 0.05) is 0 Å². The van der Waals surface area contributed by atoms with Crippen LogP contribution in [-0.4, -0.2) is 19.7 Å². The van der Waals surface area contributed by atoms with Crippen molar-refractivity contribution in [3.05, 3.63) is 58.4 Å². The molecule has 0 amide bonds. The quantitative estimate of drug-likeness (QED) is 0.760. The second-order valence-corrected chi connectivity index (χ2v) is 4.12. The van der Waals surface area contributed by atoms with Gasteiger partial charge in [0.2, 0.25) is 5.65 Å². The Balaban J connectivity index is 1.95. The van der Waals surface area contributed by atoms with Gasteiger partial charge in [0.15, 0.2) is 5.52 Å². The molecule has 3 rings (SSSR count). The summed E-state index contributed by atoms with van der Waals surface area (Å²) in [5.74, 6) is 0.593. The molecular formula is C13H12N4O2. The molecule has 96 valence electrons. The monoisotopic (exact) mass is 256 g/mol. The average molecular weight is 256 g/mol. The van der Waals surface area contributed by atoms with Crippen LogP contribution in [0.3, 0.4) is 0 Å². The standard InChI is InChI=1S/C13H12N4O2/c1-9-16-11-12(14-8-15-13(11)18)17(9)19-7-10-5-3-2-4-6-10/h2-6,8H,7H2,1H3,(H,14,15,18). The first kappa shape index (κ1) is 11.5. The van der Waals surface area contributed by atoms with Crippen LogP contribution in [0.5, 0.6) is 0 Å². The highest BCUT2D eigenvalue weighted by molar-refractivity contribution is 5.69. The third-order valence-corrected chi connectivity index (χ3v) is 2.77. The fourth-order valence-corrected chi connectivity index (χ4v) is 1.86. The third-order valence-electron chi connectivity index (χ3n) is 2.77. The zero-order valence-electron chi connectivity index (χ0n) is 10.3. The molecule has 6 heteroatoms. The van der Waals surface area contributed by atoms with Gasteiger partial charge < -0.3 is 9.82 Å². The molecule has 0 saturated heterocycles. The van der Waals surface area contributed by atoms with E-state index < -0.39 is 0 Å². The van der Waals surface area contributed by atoms with Gasteiger partial charge in [-0.1, -0.05) is 30.3 Å². The number of aromatic nitrogens is 4. The second kappa shape index (κ2) is 4.56. The highest BCUT2D eigenvalue weighted by Crippen LogP contribution is 2.08. The molecule has 1 aromatic carbocycles. The molecule has 2 aromatic heterocycles. The van der Waals surface area contributed by atoms with E-state index in [1.165, 1.54) is 11.1 Å². The van der Waals surface area contributed by atoms with Gasteiger partial charge in [-0.2, -0.15) is 0 Å². The van der Waals surface area contributed by atoms with Crippen molar-refractivity contribution >= 4 is 11.2 Å². The van der Waals surface area contributed by atoms with Crippen molar-refractivity contribution in [2.24, 2.45) is 0 Å². The minimum absolute atomic E-state index is 0.268. The summed E-state index contributed by atoms with van der Waals surface area (Å²) in [7, 11) is 0. The van der Waals surface area contributed by atoms with Crippen molar-refractivity contribution in [1.82, 2.24) is 19.7 Å². The predicted molar refractivity (Wildman–Crippen MR) is 69.6 cm³/mol. The number of hydrogen-bond acceptors (Lipinski definition) is 4. The number of benzene rings is 1. The van der Waals surface area contributed by atoms with Crippen LogP contribution in [0.15, 0.2) is 41.5 Å². The van der Waals surface area contributed by atoms with Crippen molar-refractivity contribution in [3.63, 3.8) is 0 Å². The number of hydrogen-bond donors (Lipinski definition) is 1. The molecule has 0 unspecified atom stereocenters. The molecule has 3 aromatic rings. The second-order valence-electron chi connectivity index (χ2n) is 4.12. The normalized spacial score (nSPS) is 10.8. The number of aryl methyl sites for hydroxylation is 1. The summed E-state index contributed by atoms with van der Waals surface area (Å²) in [6, 6.07) is 9.77. The number of nitrogens with one attached hydrogen (secondary N) is 1. The van der Waals surface area contributed by atoms with Crippen LogP contribution in [-0.2, 0) is 6.61 Å². The Bertz CT molecular complexity index is 761. The lowest BCUT2D eigenvalue weighted by atomic mass is 10.2. The number of imidazole rings is 1. The van der Waals surface area contributed by atoms with Crippen LogP contribution < -0.4 is 10.4 Å². The zero-order chi connectivity index (χ0) is 13.2. The number of fused-ring (bicyclic) bond motifs is 1. The number of rotatable bonds is 3. The number of H-pyrrole nitrogens is 1. The summed E-state index contributed by atoms with van der Waals surface area (Å²) < 4.78 is 1.48. The largest absolute Gasteiger partial charge is 0.406 e. The lowest BCUT2D eigenvalue weighted by molar-refractivity contribution is 0.1000.